The van der Waals surface area contributed by atoms with Gasteiger partial charge >= 0.3 is 5.97 Å². The molecule has 0 spiro atoms. The maximum atomic E-state index is 12.9. The number of sulfone groups is 1. The molecule has 2 fully saturated rings. The van der Waals surface area contributed by atoms with Crippen LogP contribution in [0.15, 0.2) is 24.3 Å². The summed E-state index contributed by atoms with van der Waals surface area (Å²) in [6.07, 6.45) is 4.21. The lowest BCUT2D eigenvalue weighted by atomic mass is 10.1. The van der Waals surface area contributed by atoms with E-state index in [1.54, 1.807) is 17.0 Å². The topological polar surface area (TPSA) is 111 Å². The van der Waals surface area contributed by atoms with E-state index in [-0.39, 0.29) is 36.0 Å². The van der Waals surface area contributed by atoms with Crippen molar-refractivity contribution in [2.45, 2.75) is 50.7 Å². The first-order valence-electron chi connectivity index (χ1n) is 9.88. The van der Waals surface area contributed by atoms with Crippen LogP contribution in [0.5, 0.6) is 0 Å². The number of carbonyl (C=O) groups excluding carboxylic acids is 2. The van der Waals surface area contributed by atoms with Crippen LogP contribution in [-0.4, -0.2) is 70.4 Å². The number of fused-ring (bicyclic) bond motifs is 1. The molecular formula is C19H24N4O5S. The number of esters is 1. The van der Waals surface area contributed by atoms with Gasteiger partial charge in [0.25, 0.3) is 5.91 Å². The fourth-order valence-corrected chi connectivity index (χ4v) is 6.01. The molecule has 1 amide bonds. The van der Waals surface area contributed by atoms with E-state index in [2.05, 4.69) is 10.3 Å². The Hall–Kier alpha value is -2.49. The van der Waals surface area contributed by atoms with E-state index in [0.29, 0.717) is 17.5 Å². The van der Waals surface area contributed by atoms with Crippen molar-refractivity contribution in [1.29, 1.82) is 0 Å². The molecule has 156 valence electrons. The van der Waals surface area contributed by atoms with E-state index in [1.807, 2.05) is 12.1 Å². The van der Waals surface area contributed by atoms with Gasteiger partial charge in [0, 0.05) is 12.1 Å². The second kappa shape index (κ2) is 8.10. The van der Waals surface area contributed by atoms with E-state index in [9.17, 15) is 18.0 Å². The Labute approximate surface area is 168 Å². The summed E-state index contributed by atoms with van der Waals surface area (Å²) in [5, 5.41) is 7.93. The standard InChI is InChI=1S/C19H24N4O5S/c24-18(23(14-5-1-2-6-14)15-9-10-29(26,27)13-15)12-28-19(25)11-22-17-8-4-3-7-16(17)20-21-22/h3-4,7-8,14-15H,1-2,5-6,9-13H2. The Balaban J connectivity index is 1.39. The van der Waals surface area contributed by atoms with E-state index < -0.39 is 22.4 Å². The first-order valence-corrected chi connectivity index (χ1v) is 11.7. The fraction of sp³-hybridized carbons (Fsp3) is 0.579. The third kappa shape index (κ3) is 4.42. The lowest BCUT2D eigenvalue weighted by molar-refractivity contribution is -0.154. The second-order valence-electron chi connectivity index (χ2n) is 7.69. The van der Waals surface area contributed by atoms with E-state index in [1.165, 1.54) is 4.68 Å². The van der Waals surface area contributed by atoms with Gasteiger partial charge in [-0.25, -0.2) is 13.1 Å². The number of hydrogen-bond donors (Lipinski definition) is 0. The lowest BCUT2D eigenvalue weighted by Crippen LogP contribution is -2.48. The summed E-state index contributed by atoms with van der Waals surface area (Å²) in [7, 11) is -3.11. The van der Waals surface area contributed by atoms with Gasteiger partial charge in [-0.2, -0.15) is 0 Å². The number of rotatable bonds is 6. The van der Waals surface area contributed by atoms with Crippen LogP contribution in [0.3, 0.4) is 0 Å². The van der Waals surface area contributed by atoms with Crippen molar-refractivity contribution in [2.24, 2.45) is 0 Å². The zero-order valence-electron chi connectivity index (χ0n) is 16.1. The molecule has 2 heterocycles. The Morgan fingerprint density at radius 1 is 1.14 bits per heavy atom. The number of nitrogens with zero attached hydrogens (tertiary/aromatic N) is 4. The molecule has 0 bridgehead atoms. The number of aromatic nitrogens is 3. The first kappa shape index (κ1) is 19.8. The lowest BCUT2D eigenvalue weighted by Gasteiger charge is -2.33. The minimum Gasteiger partial charge on any atom is -0.454 e. The number of para-hydroxylation sites is 1. The molecular weight excluding hydrogens is 396 g/mol. The van der Waals surface area contributed by atoms with E-state index in [4.69, 9.17) is 4.74 Å². The Kier molecular flexibility index (Phi) is 5.53. The van der Waals surface area contributed by atoms with Crippen LogP contribution in [0.1, 0.15) is 32.1 Å². The van der Waals surface area contributed by atoms with E-state index in [0.717, 1.165) is 25.7 Å². The van der Waals surface area contributed by atoms with Crippen molar-refractivity contribution in [2.75, 3.05) is 18.1 Å². The van der Waals surface area contributed by atoms with Crippen LogP contribution < -0.4 is 0 Å². The summed E-state index contributed by atoms with van der Waals surface area (Å²) in [6.45, 7) is -0.534. The minimum atomic E-state index is -3.11. The van der Waals surface area contributed by atoms with Gasteiger partial charge in [-0.15, -0.1) is 5.10 Å². The highest BCUT2D eigenvalue weighted by molar-refractivity contribution is 7.91. The largest absolute Gasteiger partial charge is 0.454 e. The smallest absolute Gasteiger partial charge is 0.328 e. The van der Waals surface area contributed by atoms with Crippen LogP contribution in [0, 0.1) is 0 Å². The second-order valence-corrected chi connectivity index (χ2v) is 9.92. The van der Waals surface area contributed by atoms with Crippen LogP contribution >= 0.6 is 0 Å². The molecule has 9 nitrogen and oxygen atoms in total. The minimum absolute atomic E-state index is 0.00582. The fourth-order valence-electron chi connectivity index (χ4n) is 4.30. The highest BCUT2D eigenvalue weighted by atomic mass is 32.2. The number of carbonyl (C=O) groups is 2. The number of hydrogen-bond acceptors (Lipinski definition) is 7. The van der Waals surface area contributed by atoms with Crippen LogP contribution in [0.4, 0.5) is 0 Å². The summed E-state index contributed by atoms with van der Waals surface area (Å²) < 4.78 is 30.4. The summed E-state index contributed by atoms with van der Waals surface area (Å²) in [5.74, 6) is -0.809. The molecule has 1 aliphatic heterocycles. The van der Waals surface area contributed by atoms with Gasteiger partial charge in [-0.3, -0.25) is 9.59 Å². The van der Waals surface area contributed by atoms with Crippen molar-refractivity contribution in [3.05, 3.63) is 24.3 Å². The molecule has 10 heteroatoms. The van der Waals surface area contributed by atoms with Crippen LogP contribution in [-0.2, 0) is 30.7 Å². The average molecular weight is 420 g/mol. The summed E-state index contributed by atoms with van der Waals surface area (Å²) in [6, 6.07) is 6.96. The third-order valence-electron chi connectivity index (χ3n) is 5.66. The zero-order chi connectivity index (χ0) is 20.4. The first-order chi connectivity index (χ1) is 13.9. The normalized spacial score (nSPS) is 21.4. The van der Waals surface area contributed by atoms with Gasteiger partial charge in [0.05, 0.1) is 17.0 Å². The average Bonchev–Trinajstić information content (AvgIpc) is 3.42. The molecule has 1 aliphatic carbocycles. The molecule has 29 heavy (non-hydrogen) atoms. The van der Waals surface area contributed by atoms with Crippen molar-refractivity contribution in [1.82, 2.24) is 19.9 Å². The molecule has 1 aromatic heterocycles. The highest BCUT2D eigenvalue weighted by Gasteiger charge is 2.39. The predicted molar refractivity (Wildman–Crippen MR) is 105 cm³/mol. The van der Waals surface area contributed by atoms with Gasteiger partial charge in [-0.05, 0) is 31.4 Å². The van der Waals surface area contributed by atoms with Gasteiger partial charge in [0.1, 0.15) is 12.1 Å². The van der Waals surface area contributed by atoms with Gasteiger partial charge in [0.15, 0.2) is 16.4 Å². The predicted octanol–water partition coefficient (Wildman–Crippen LogP) is 0.933. The molecule has 1 unspecified atom stereocenters. The zero-order valence-corrected chi connectivity index (χ0v) is 16.9. The van der Waals surface area contributed by atoms with Gasteiger partial charge in [-0.1, -0.05) is 30.2 Å². The van der Waals surface area contributed by atoms with Crippen molar-refractivity contribution in [3.63, 3.8) is 0 Å². The number of amides is 1. The van der Waals surface area contributed by atoms with Gasteiger partial charge < -0.3 is 9.64 Å². The number of benzene rings is 1. The molecule has 2 aliphatic rings. The van der Waals surface area contributed by atoms with Crippen molar-refractivity contribution in [3.8, 4) is 0 Å². The van der Waals surface area contributed by atoms with Gasteiger partial charge in [0.2, 0.25) is 0 Å². The Bertz CT molecular complexity index is 1010. The van der Waals surface area contributed by atoms with Crippen LogP contribution in [0.2, 0.25) is 0 Å². The monoisotopic (exact) mass is 420 g/mol. The Morgan fingerprint density at radius 3 is 2.62 bits per heavy atom. The molecule has 4 rings (SSSR count). The van der Waals surface area contributed by atoms with E-state index >= 15 is 0 Å². The molecule has 1 aromatic carbocycles. The molecule has 1 saturated carbocycles. The summed E-state index contributed by atoms with van der Waals surface area (Å²) >= 11 is 0. The Morgan fingerprint density at radius 2 is 1.90 bits per heavy atom. The van der Waals surface area contributed by atoms with Crippen molar-refractivity contribution < 1.29 is 22.7 Å². The quantitative estimate of drug-likeness (QED) is 0.639. The molecule has 0 N–H and O–H groups in total. The molecule has 2 aromatic rings. The molecule has 0 radical (unpaired) electrons. The van der Waals surface area contributed by atoms with Crippen LogP contribution in [0.25, 0.3) is 11.0 Å². The maximum absolute atomic E-state index is 12.9. The SMILES string of the molecule is O=C(Cn1nnc2ccccc21)OCC(=O)N(C1CCCC1)C1CCS(=O)(=O)C1. The molecule has 1 atom stereocenters. The number of ether oxygens (including phenoxy) is 1. The summed E-state index contributed by atoms with van der Waals surface area (Å²) in [5.41, 5.74) is 1.38. The third-order valence-corrected chi connectivity index (χ3v) is 7.41. The van der Waals surface area contributed by atoms with Crippen molar-refractivity contribution >= 4 is 32.7 Å². The highest BCUT2D eigenvalue weighted by Crippen LogP contribution is 2.29. The molecule has 1 saturated heterocycles. The maximum Gasteiger partial charge on any atom is 0.328 e. The summed E-state index contributed by atoms with van der Waals surface area (Å²) in [4.78, 5) is 26.8.